The zero-order chi connectivity index (χ0) is 26.6. The molecule has 37 heavy (non-hydrogen) atoms. The highest BCUT2D eigenvalue weighted by molar-refractivity contribution is 5.90. The smallest absolute Gasteiger partial charge is 0.410 e. The summed E-state index contributed by atoms with van der Waals surface area (Å²) in [7, 11) is 1.83. The van der Waals surface area contributed by atoms with Gasteiger partial charge in [-0.2, -0.15) is 5.10 Å². The topological polar surface area (TPSA) is 115 Å². The number of likely N-dealkylation sites (tertiary alicyclic amines) is 1. The van der Waals surface area contributed by atoms with Gasteiger partial charge in [0.15, 0.2) is 5.82 Å². The van der Waals surface area contributed by atoms with Crippen molar-refractivity contribution in [1.29, 1.82) is 0 Å². The first-order valence-electron chi connectivity index (χ1n) is 12.5. The summed E-state index contributed by atoms with van der Waals surface area (Å²) < 4.78 is 8.96. The van der Waals surface area contributed by atoms with Crippen LogP contribution in [-0.4, -0.2) is 58.6 Å². The highest BCUT2D eigenvalue weighted by Crippen LogP contribution is 2.35. The molecule has 1 saturated heterocycles. The molecule has 3 aromatic heterocycles. The van der Waals surface area contributed by atoms with Crippen molar-refractivity contribution < 1.29 is 14.6 Å². The Balaban J connectivity index is 1.43. The van der Waals surface area contributed by atoms with Gasteiger partial charge in [0.05, 0.1) is 22.0 Å². The van der Waals surface area contributed by atoms with E-state index in [-0.39, 0.29) is 29.5 Å². The summed E-state index contributed by atoms with van der Waals surface area (Å²) in [5, 5.41) is 16.5. The van der Waals surface area contributed by atoms with Crippen LogP contribution in [0.1, 0.15) is 52.1 Å². The van der Waals surface area contributed by atoms with Crippen molar-refractivity contribution in [3.63, 3.8) is 0 Å². The second-order valence-corrected chi connectivity index (χ2v) is 10.9. The van der Waals surface area contributed by atoms with Crippen LogP contribution in [0.2, 0.25) is 0 Å². The molecule has 10 nitrogen and oxygen atoms in total. The van der Waals surface area contributed by atoms with Gasteiger partial charge in [-0.15, -0.1) is 0 Å². The Hall–Kier alpha value is -3.95. The Kier molecular flexibility index (Phi) is 5.92. The van der Waals surface area contributed by atoms with Crippen LogP contribution in [-0.2, 0) is 11.8 Å². The van der Waals surface area contributed by atoms with Gasteiger partial charge in [-0.1, -0.05) is 0 Å². The number of hydrogen-bond donors (Lipinski definition) is 1. The van der Waals surface area contributed by atoms with E-state index in [0.717, 1.165) is 10.9 Å². The number of aromatic nitrogens is 5. The molecule has 4 heterocycles. The number of pyridine rings is 1. The second-order valence-electron chi connectivity index (χ2n) is 10.9. The van der Waals surface area contributed by atoms with Crippen LogP contribution in [0.15, 0.2) is 35.5 Å². The van der Waals surface area contributed by atoms with Crippen molar-refractivity contribution in [2.45, 2.75) is 65.1 Å². The number of ether oxygens (including phenoxy) is 1. The Morgan fingerprint density at radius 1 is 1.27 bits per heavy atom. The largest absolute Gasteiger partial charge is 0.507 e. The molecule has 0 saturated carbocycles. The quantitative estimate of drug-likeness (QED) is 0.432. The molecule has 1 N–H and O–H groups in total. The molecule has 2 atom stereocenters. The van der Waals surface area contributed by atoms with Gasteiger partial charge in [0, 0.05) is 55.2 Å². The lowest BCUT2D eigenvalue weighted by atomic mass is 9.98. The zero-order valence-electron chi connectivity index (χ0n) is 22.0. The van der Waals surface area contributed by atoms with Gasteiger partial charge in [0.2, 0.25) is 0 Å². The van der Waals surface area contributed by atoms with Gasteiger partial charge in [0.25, 0.3) is 5.56 Å². The van der Waals surface area contributed by atoms with E-state index in [0.29, 0.717) is 47.2 Å². The SMILES string of the molecule is Cc1c(O)c(-c2ncc3c(=O)n(C4CCN(C(=O)OC(C)(C)C)C(C)C4)ccc3n2)cc2cn(C)nc12. The van der Waals surface area contributed by atoms with Gasteiger partial charge < -0.3 is 19.3 Å². The minimum absolute atomic E-state index is 0.0510. The Morgan fingerprint density at radius 3 is 2.73 bits per heavy atom. The lowest BCUT2D eigenvalue weighted by molar-refractivity contribution is 0.00773. The van der Waals surface area contributed by atoms with Crippen LogP contribution in [0.4, 0.5) is 4.79 Å². The summed E-state index contributed by atoms with van der Waals surface area (Å²) in [6.07, 6.45) is 6.12. The van der Waals surface area contributed by atoms with Gasteiger partial charge in [0.1, 0.15) is 11.4 Å². The number of amides is 1. The predicted octanol–water partition coefficient (Wildman–Crippen LogP) is 4.32. The minimum atomic E-state index is -0.555. The standard InChI is InChI=1S/C27H32N6O4/c1-15-11-18(7-9-32(15)26(36)37-27(3,4)5)33-10-8-21-20(25(33)35)13-28-24(29-21)19-12-17-14-31(6)30-22(17)16(2)23(19)34/h8,10,12-15,18,34H,7,9,11H2,1-6H3. The predicted molar refractivity (Wildman–Crippen MR) is 141 cm³/mol. The molecule has 10 heteroatoms. The van der Waals surface area contributed by atoms with Crippen molar-refractivity contribution in [2.75, 3.05) is 6.54 Å². The first-order valence-corrected chi connectivity index (χ1v) is 12.5. The zero-order valence-corrected chi connectivity index (χ0v) is 22.0. The van der Waals surface area contributed by atoms with E-state index in [1.165, 1.54) is 6.20 Å². The number of piperidine rings is 1. The van der Waals surface area contributed by atoms with E-state index < -0.39 is 5.60 Å². The molecule has 1 aromatic carbocycles. The highest BCUT2D eigenvalue weighted by Gasteiger charge is 2.33. The molecular weight excluding hydrogens is 472 g/mol. The summed E-state index contributed by atoms with van der Waals surface area (Å²) in [5.74, 6) is 0.417. The third-order valence-electron chi connectivity index (χ3n) is 6.91. The summed E-state index contributed by atoms with van der Waals surface area (Å²) in [6, 6.07) is 3.50. The highest BCUT2D eigenvalue weighted by atomic mass is 16.6. The van der Waals surface area contributed by atoms with Crippen LogP contribution in [0, 0.1) is 6.92 Å². The van der Waals surface area contributed by atoms with Crippen LogP contribution in [0.3, 0.4) is 0 Å². The van der Waals surface area contributed by atoms with E-state index in [1.807, 2.05) is 53.9 Å². The van der Waals surface area contributed by atoms with E-state index in [9.17, 15) is 14.7 Å². The van der Waals surface area contributed by atoms with E-state index in [2.05, 4.69) is 15.1 Å². The summed E-state index contributed by atoms with van der Waals surface area (Å²) >= 11 is 0. The fourth-order valence-electron chi connectivity index (χ4n) is 5.07. The summed E-state index contributed by atoms with van der Waals surface area (Å²) in [5.41, 5.74) is 1.65. The fourth-order valence-corrected chi connectivity index (χ4v) is 5.07. The fraction of sp³-hybridized carbons (Fsp3) is 0.444. The number of nitrogens with zero attached hydrogens (tertiary/aromatic N) is 6. The number of carbonyl (C=O) groups excluding carboxylic acids is 1. The lowest BCUT2D eigenvalue weighted by Crippen LogP contribution is -2.47. The molecule has 0 radical (unpaired) electrons. The second kappa shape index (κ2) is 8.86. The monoisotopic (exact) mass is 504 g/mol. The number of fused-ring (bicyclic) bond motifs is 2. The molecule has 0 aliphatic carbocycles. The number of rotatable bonds is 2. The van der Waals surface area contributed by atoms with Crippen LogP contribution >= 0.6 is 0 Å². The van der Waals surface area contributed by atoms with Crippen molar-refractivity contribution in [3.8, 4) is 17.1 Å². The number of carbonyl (C=O) groups is 1. The number of phenols is 1. The van der Waals surface area contributed by atoms with Crippen molar-refractivity contribution >= 4 is 27.9 Å². The van der Waals surface area contributed by atoms with Crippen molar-refractivity contribution in [3.05, 3.63) is 46.6 Å². The molecule has 1 aliphatic rings. The first-order chi connectivity index (χ1) is 17.4. The number of phenolic OH excluding ortho intramolecular Hbond substituents is 1. The Morgan fingerprint density at radius 2 is 2.03 bits per heavy atom. The number of hydrogen-bond acceptors (Lipinski definition) is 7. The van der Waals surface area contributed by atoms with Gasteiger partial charge in [-0.05, 0) is 59.6 Å². The maximum atomic E-state index is 13.4. The molecule has 0 bridgehead atoms. The molecule has 2 unspecified atom stereocenters. The molecule has 4 aromatic rings. The summed E-state index contributed by atoms with van der Waals surface area (Å²) in [6.45, 7) is 9.85. The van der Waals surface area contributed by atoms with Gasteiger partial charge in [-0.3, -0.25) is 9.48 Å². The molecule has 194 valence electrons. The third-order valence-corrected chi connectivity index (χ3v) is 6.91. The van der Waals surface area contributed by atoms with Gasteiger partial charge >= 0.3 is 6.09 Å². The van der Waals surface area contributed by atoms with Crippen molar-refractivity contribution in [2.24, 2.45) is 7.05 Å². The minimum Gasteiger partial charge on any atom is -0.507 e. The molecule has 1 fully saturated rings. The first kappa shape index (κ1) is 24.7. The average molecular weight is 505 g/mol. The van der Waals surface area contributed by atoms with Crippen LogP contribution < -0.4 is 5.56 Å². The molecule has 1 amide bonds. The number of aryl methyl sites for hydroxylation is 2. The molecule has 5 rings (SSSR count). The normalized spacial score (nSPS) is 18.5. The number of benzene rings is 1. The van der Waals surface area contributed by atoms with Crippen molar-refractivity contribution in [1.82, 2.24) is 29.2 Å². The molecular formula is C27H32N6O4. The van der Waals surface area contributed by atoms with E-state index >= 15 is 0 Å². The Bertz CT molecular complexity index is 1580. The molecule has 1 aliphatic heterocycles. The average Bonchev–Trinajstić information content (AvgIpc) is 3.20. The van der Waals surface area contributed by atoms with Gasteiger partial charge in [-0.25, -0.2) is 14.8 Å². The third kappa shape index (κ3) is 4.52. The maximum Gasteiger partial charge on any atom is 0.410 e. The number of aromatic hydroxyl groups is 1. The van der Waals surface area contributed by atoms with E-state index in [1.54, 1.807) is 26.4 Å². The van der Waals surface area contributed by atoms with Crippen LogP contribution in [0.5, 0.6) is 5.75 Å². The Labute approximate surface area is 214 Å². The molecule has 0 spiro atoms. The van der Waals surface area contributed by atoms with Crippen LogP contribution in [0.25, 0.3) is 33.2 Å². The lowest BCUT2D eigenvalue weighted by Gasteiger charge is -2.38. The maximum absolute atomic E-state index is 13.4. The van der Waals surface area contributed by atoms with E-state index in [4.69, 9.17) is 4.74 Å². The summed E-state index contributed by atoms with van der Waals surface area (Å²) in [4.78, 5) is 36.8.